The van der Waals surface area contributed by atoms with Gasteiger partial charge in [-0.3, -0.25) is 4.98 Å². The minimum atomic E-state index is -0.813. The Morgan fingerprint density at radius 2 is 2.10 bits per heavy atom. The largest absolute Gasteiger partial charge is 0.508 e. The number of aromatic hydroxyl groups is 1. The first-order chi connectivity index (χ1) is 14.0. The highest BCUT2D eigenvalue weighted by Gasteiger charge is 2.16. The Balaban J connectivity index is 2.28. The van der Waals surface area contributed by atoms with Gasteiger partial charge in [0, 0.05) is 13.3 Å². The number of pyridine rings is 1. The van der Waals surface area contributed by atoms with E-state index in [2.05, 4.69) is 11.6 Å². The number of hydrogen-bond donors (Lipinski definition) is 3. The minimum absolute atomic E-state index is 0.0948. The molecule has 0 aliphatic rings. The fourth-order valence-corrected chi connectivity index (χ4v) is 3.20. The second-order valence-electron chi connectivity index (χ2n) is 6.52. The van der Waals surface area contributed by atoms with E-state index in [1.54, 1.807) is 31.5 Å². The number of phenols is 1. The highest BCUT2D eigenvalue weighted by atomic mass is 35.5. The lowest BCUT2D eigenvalue weighted by atomic mass is 9.94. The normalized spacial score (nSPS) is 13.4. The molecule has 0 aliphatic heterocycles. The van der Waals surface area contributed by atoms with Crippen molar-refractivity contribution >= 4 is 23.3 Å². The van der Waals surface area contributed by atoms with Crippen molar-refractivity contribution in [2.75, 3.05) is 20.3 Å². The third-order valence-electron chi connectivity index (χ3n) is 4.39. The molecule has 0 aliphatic carbocycles. The molecule has 1 atom stereocenters. The molecule has 0 bridgehead atoms. The number of benzene rings is 1. The number of rotatable bonds is 10. The summed E-state index contributed by atoms with van der Waals surface area (Å²) in [5.41, 5.74) is 3.59. The van der Waals surface area contributed by atoms with Gasteiger partial charge in [-0.2, -0.15) is 0 Å². The van der Waals surface area contributed by atoms with Crippen LogP contribution in [0.3, 0.4) is 0 Å². The fourth-order valence-electron chi connectivity index (χ4n) is 2.97. The van der Waals surface area contributed by atoms with Crippen LogP contribution in [0.2, 0.25) is 5.02 Å². The second kappa shape index (κ2) is 11.5. The summed E-state index contributed by atoms with van der Waals surface area (Å²) in [5, 5.41) is 30.0. The predicted molar refractivity (Wildman–Crippen MR) is 117 cm³/mol. The van der Waals surface area contributed by atoms with Crippen molar-refractivity contribution in [3.63, 3.8) is 0 Å². The molecule has 1 aromatic heterocycles. The van der Waals surface area contributed by atoms with Crippen molar-refractivity contribution in [1.82, 2.24) is 4.98 Å². The summed E-state index contributed by atoms with van der Waals surface area (Å²) in [6.07, 6.45) is 5.25. The number of nitrogens with zero attached hydrogens (tertiary/aromatic N) is 1. The molecule has 1 aromatic carbocycles. The predicted octanol–water partition coefficient (Wildman–Crippen LogP) is 4.24. The summed E-state index contributed by atoms with van der Waals surface area (Å²) in [7, 11) is 1.55. The van der Waals surface area contributed by atoms with Gasteiger partial charge in [0.25, 0.3) is 0 Å². The van der Waals surface area contributed by atoms with Gasteiger partial charge >= 0.3 is 0 Å². The lowest BCUT2D eigenvalue weighted by Gasteiger charge is -2.18. The number of hydrogen-bond acceptors (Lipinski definition) is 5. The molecular weight excluding hydrogens is 390 g/mol. The van der Waals surface area contributed by atoms with Crippen LogP contribution in [-0.4, -0.2) is 46.7 Å². The molecule has 3 N–H and O–H groups in total. The van der Waals surface area contributed by atoms with Crippen molar-refractivity contribution in [2.45, 2.75) is 18.9 Å². The quantitative estimate of drug-likeness (QED) is 0.505. The summed E-state index contributed by atoms with van der Waals surface area (Å²) in [5.74, 6) is 0.0948. The summed E-state index contributed by atoms with van der Waals surface area (Å²) in [6, 6.07) is 10.4. The molecule has 5 nitrogen and oxygen atoms in total. The molecule has 0 fully saturated rings. The maximum Gasteiger partial charge on any atom is 0.117 e. The van der Waals surface area contributed by atoms with Crippen LogP contribution in [0.1, 0.15) is 24.1 Å². The second-order valence-corrected chi connectivity index (χ2v) is 6.93. The first-order valence-electron chi connectivity index (χ1n) is 9.22. The van der Waals surface area contributed by atoms with Crippen molar-refractivity contribution < 1.29 is 20.1 Å². The average molecular weight is 416 g/mol. The number of aliphatic hydroxyl groups is 2. The number of allylic oxidation sites excluding steroid dienone is 1. The molecule has 2 rings (SSSR count). The first-order valence-corrected chi connectivity index (χ1v) is 9.60. The Hall–Kier alpha value is -2.44. The van der Waals surface area contributed by atoms with E-state index in [0.717, 1.165) is 16.8 Å². The third-order valence-corrected chi connectivity index (χ3v) is 4.72. The smallest absolute Gasteiger partial charge is 0.117 e. The molecule has 0 saturated carbocycles. The Bertz CT molecular complexity index is 878. The molecule has 1 unspecified atom stereocenters. The van der Waals surface area contributed by atoms with Crippen LogP contribution in [0.15, 0.2) is 66.4 Å². The number of aromatic nitrogens is 1. The van der Waals surface area contributed by atoms with Crippen LogP contribution in [-0.2, 0) is 4.74 Å². The lowest BCUT2D eigenvalue weighted by Crippen LogP contribution is -2.15. The van der Waals surface area contributed by atoms with Crippen molar-refractivity contribution in [1.29, 1.82) is 0 Å². The van der Waals surface area contributed by atoms with Gasteiger partial charge in [0.05, 0.1) is 30.0 Å². The zero-order valence-electron chi connectivity index (χ0n) is 16.4. The molecule has 154 valence electrons. The van der Waals surface area contributed by atoms with Gasteiger partial charge in [-0.05, 0) is 71.5 Å². The van der Waals surface area contributed by atoms with E-state index in [4.69, 9.17) is 16.3 Å². The minimum Gasteiger partial charge on any atom is -0.508 e. The van der Waals surface area contributed by atoms with Crippen molar-refractivity contribution in [2.24, 2.45) is 0 Å². The highest BCUT2D eigenvalue weighted by Crippen LogP contribution is 2.29. The average Bonchev–Trinajstić information content (AvgIpc) is 2.71. The molecule has 29 heavy (non-hydrogen) atoms. The van der Waals surface area contributed by atoms with Crippen LogP contribution in [0.25, 0.3) is 11.6 Å². The third kappa shape index (κ3) is 6.84. The number of phenolic OH excluding ortho intramolecular Hbond substituents is 1. The zero-order chi connectivity index (χ0) is 21.2. The molecular formula is C23H26ClNO4. The van der Waals surface area contributed by atoms with Crippen LogP contribution in [0.5, 0.6) is 5.75 Å². The molecule has 6 heteroatoms. The molecule has 1 heterocycles. The van der Waals surface area contributed by atoms with Crippen molar-refractivity contribution in [3.05, 3.63) is 82.7 Å². The van der Waals surface area contributed by atoms with E-state index in [-0.39, 0.29) is 19.0 Å². The Labute approximate surface area is 176 Å². The Kier molecular flexibility index (Phi) is 9.09. The summed E-state index contributed by atoms with van der Waals surface area (Å²) < 4.78 is 5.09. The molecule has 2 aromatic rings. The van der Waals surface area contributed by atoms with Crippen LogP contribution < -0.4 is 0 Å². The molecule has 0 spiro atoms. The zero-order valence-corrected chi connectivity index (χ0v) is 17.1. The SMILES string of the molecule is C=C(COC)/C(=C/CO)C(O)CC/C(=C/c1ccc(O)cc1Cl)c1ccccn1. The van der Waals surface area contributed by atoms with Crippen LogP contribution >= 0.6 is 11.6 Å². The van der Waals surface area contributed by atoms with Crippen LogP contribution in [0, 0.1) is 0 Å². The summed E-state index contributed by atoms with van der Waals surface area (Å²) in [4.78, 5) is 4.41. The summed E-state index contributed by atoms with van der Waals surface area (Å²) >= 11 is 6.26. The molecule has 0 saturated heterocycles. The highest BCUT2D eigenvalue weighted by molar-refractivity contribution is 6.32. The van der Waals surface area contributed by atoms with Crippen LogP contribution in [0.4, 0.5) is 0 Å². The van der Waals surface area contributed by atoms with E-state index in [0.29, 0.717) is 29.0 Å². The van der Waals surface area contributed by atoms with Gasteiger partial charge in [-0.15, -0.1) is 0 Å². The van der Waals surface area contributed by atoms with Gasteiger partial charge in [0.2, 0.25) is 0 Å². The van der Waals surface area contributed by atoms with E-state index < -0.39 is 6.10 Å². The fraction of sp³-hybridized carbons (Fsp3) is 0.261. The van der Waals surface area contributed by atoms with E-state index in [1.165, 1.54) is 6.07 Å². The van der Waals surface area contributed by atoms with Gasteiger partial charge in [-0.25, -0.2) is 0 Å². The van der Waals surface area contributed by atoms with Gasteiger partial charge in [-0.1, -0.05) is 30.3 Å². The number of halogens is 1. The number of aliphatic hydroxyl groups excluding tert-OH is 2. The first kappa shape index (κ1) is 22.8. The van der Waals surface area contributed by atoms with Crippen molar-refractivity contribution in [3.8, 4) is 5.75 Å². The monoisotopic (exact) mass is 415 g/mol. The Morgan fingerprint density at radius 1 is 1.31 bits per heavy atom. The topological polar surface area (TPSA) is 82.8 Å². The van der Waals surface area contributed by atoms with Gasteiger partial charge in [0.15, 0.2) is 0 Å². The maximum absolute atomic E-state index is 10.7. The van der Waals surface area contributed by atoms with Gasteiger partial charge in [0.1, 0.15) is 5.75 Å². The summed E-state index contributed by atoms with van der Waals surface area (Å²) in [6.45, 7) is 4.00. The standard InChI is InChI=1S/C23H26ClNO4/c1-16(15-29-2)20(10-12-26)23(28)9-7-18(22-5-3-4-11-25-22)13-17-6-8-19(27)14-21(17)24/h3-6,8,10-11,13-14,23,26-28H,1,7,9,12,15H2,2H3/b18-13-,20-10-. The van der Waals surface area contributed by atoms with E-state index >= 15 is 0 Å². The van der Waals surface area contributed by atoms with E-state index in [1.807, 2.05) is 24.3 Å². The Morgan fingerprint density at radius 3 is 2.72 bits per heavy atom. The van der Waals surface area contributed by atoms with Gasteiger partial charge < -0.3 is 20.1 Å². The number of ether oxygens (including phenoxy) is 1. The number of methoxy groups -OCH3 is 1. The molecule has 0 amide bonds. The lowest BCUT2D eigenvalue weighted by molar-refractivity contribution is 0.191. The molecule has 0 radical (unpaired) electrons. The maximum atomic E-state index is 10.7. The van der Waals surface area contributed by atoms with E-state index in [9.17, 15) is 15.3 Å².